The first-order valence-electron chi connectivity index (χ1n) is 9.27. The predicted molar refractivity (Wildman–Crippen MR) is 117 cm³/mol. The zero-order chi connectivity index (χ0) is 17.9. The van der Waals surface area contributed by atoms with E-state index in [2.05, 4.69) is 45.9 Å². The molecule has 0 spiro atoms. The van der Waals surface area contributed by atoms with Crippen LogP contribution < -0.4 is 5.19 Å². The maximum atomic E-state index is 7.41. The van der Waals surface area contributed by atoms with E-state index in [1.165, 1.54) is 47.6 Å². The molecule has 0 amide bonds. The largest absolute Gasteiger partial charge is 3.00 e. The van der Waals surface area contributed by atoms with Crippen molar-refractivity contribution in [3.05, 3.63) is 66.3 Å². The molecule has 0 bridgehead atoms. The molecule has 1 atom stereocenters. The average Bonchev–Trinajstić information content (AvgIpc) is 2.76. The van der Waals surface area contributed by atoms with E-state index in [4.69, 9.17) is 5.73 Å². The molecule has 3 rings (SSSR count). The summed E-state index contributed by atoms with van der Waals surface area (Å²) in [6.45, 7) is 8.67. The molecule has 1 nitrogen and oxygen atoms in total. The molecule has 1 N–H and O–H groups in total. The third kappa shape index (κ3) is 11.3. The zero-order valence-electron chi connectivity index (χ0n) is 17.5. The standard InChI is InChI=1S/C9H13.C7H14N.C6H7Si.CH3.Ti/c1-6-5-7(2)9(4)8(6)3;8-7-5-3-1-2-4-6-7;7-6-4-2-1-3-5-6;;/h6H,1-4H3;7-8H,1-6H2;1-5H,7H2;1H3;/q2*-1;;-1;+3. The number of benzene rings is 1. The van der Waals surface area contributed by atoms with Crippen molar-refractivity contribution in [2.24, 2.45) is 5.92 Å². The van der Waals surface area contributed by atoms with Gasteiger partial charge in [0.05, 0.1) is 0 Å². The van der Waals surface area contributed by atoms with Crippen molar-refractivity contribution >= 4 is 15.4 Å². The molecule has 2 radical (unpaired) electrons. The first-order valence-corrected chi connectivity index (χ1v) is 9.98. The molecule has 26 heavy (non-hydrogen) atoms. The molecule has 2 aliphatic rings. The van der Waals surface area contributed by atoms with E-state index in [0.29, 0.717) is 5.92 Å². The van der Waals surface area contributed by atoms with Crippen LogP contribution in [0.25, 0.3) is 5.73 Å². The second-order valence-electron chi connectivity index (χ2n) is 6.97. The number of nitrogens with one attached hydrogen (secondary N) is 1. The van der Waals surface area contributed by atoms with E-state index in [1.807, 2.05) is 28.4 Å². The van der Waals surface area contributed by atoms with Crippen LogP contribution in [0.2, 0.25) is 0 Å². The SMILES string of the molecule is CC1=[C-]C(C)C(C)=C1C.[CH3-].[NH-]C1CCCCCC1.[SiH2]c1ccccc1.[Ti+3]. The maximum absolute atomic E-state index is 7.41. The van der Waals surface area contributed by atoms with E-state index in [-0.39, 0.29) is 35.2 Å². The summed E-state index contributed by atoms with van der Waals surface area (Å²) in [5.41, 5.74) is 11.7. The Morgan fingerprint density at radius 3 is 1.73 bits per heavy atom. The molecule has 0 heterocycles. The quantitative estimate of drug-likeness (QED) is 0.294. The minimum Gasteiger partial charge on any atom is -0.675 e. The van der Waals surface area contributed by atoms with Crippen LogP contribution in [0.1, 0.15) is 66.2 Å². The van der Waals surface area contributed by atoms with Crippen LogP contribution in [0.3, 0.4) is 0 Å². The van der Waals surface area contributed by atoms with Crippen molar-refractivity contribution in [3.8, 4) is 0 Å². The third-order valence-electron chi connectivity index (χ3n) is 4.93. The number of hydrogen-bond acceptors (Lipinski definition) is 0. The van der Waals surface area contributed by atoms with Gasteiger partial charge in [-0.25, -0.2) is 5.57 Å². The van der Waals surface area contributed by atoms with Crippen LogP contribution in [-0.2, 0) is 21.7 Å². The fraction of sp³-hybridized carbons (Fsp3) is 0.522. The smallest absolute Gasteiger partial charge is 0.675 e. The Bertz CT molecular complexity index is 528. The molecule has 0 aliphatic heterocycles. The van der Waals surface area contributed by atoms with Gasteiger partial charge in [-0.15, -0.1) is 13.0 Å². The first-order chi connectivity index (χ1) is 11.4. The molecular weight excluding hydrogens is 366 g/mol. The normalized spacial score (nSPS) is 19.5. The van der Waals surface area contributed by atoms with Gasteiger partial charge in [0, 0.05) is 10.2 Å². The van der Waals surface area contributed by atoms with E-state index in [0.717, 1.165) is 12.8 Å². The molecule has 1 unspecified atom stereocenters. The summed E-state index contributed by atoms with van der Waals surface area (Å²) >= 11 is 0. The Morgan fingerprint density at radius 1 is 0.962 bits per heavy atom. The minimum absolute atomic E-state index is 0. The molecule has 1 aromatic carbocycles. The van der Waals surface area contributed by atoms with Crippen LogP contribution in [0.5, 0.6) is 0 Å². The maximum Gasteiger partial charge on any atom is 3.00 e. The van der Waals surface area contributed by atoms with Gasteiger partial charge in [-0.1, -0.05) is 101 Å². The Morgan fingerprint density at radius 2 is 1.46 bits per heavy atom. The number of hydrogen-bond donors (Lipinski definition) is 0. The fourth-order valence-corrected chi connectivity index (χ4v) is 3.19. The van der Waals surface area contributed by atoms with E-state index in [1.54, 1.807) is 0 Å². The summed E-state index contributed by atoms with van der Waals surface area (Å²) < 4.78 is 0. The molecule has 3 heteroatoms. The third-order valence-corrected chi connectivity index (χ3v) is 5.41. The monoisotopic (exact) mass is 403 g/mol. The van der Waals surface area contributed by atoms with Gasteiger partial charge in [0.25, 0.3) is 0 Å². The molecule has 1 aromatic rings. The van der Waals surface area contributed by atoms with E-state index < -0.39 is 0 Å². The Labute approximate surface area is 181 Å². The molecular formula is C23H37NSiTi. The first kappa shape index (κ1) is 27.8. The van der Waals surface area contributed by atoms with Crippen molar-refractivity contribution < 1.29 is 21.7 Å². The van der Waals surface area contributed by atoms with Gasteiger partial charge in [-0.3, -0.25) is 6.08 Å². The summed E-state index contributed by atoms with van der Waals surface area (Å²) in [6, 6.07) is 10.6. The zero-order valence-corrected chi connectivity index (χ0v) is 20.5. The molecule has 0 aromatic heterocycles. The van der Waals surface area contributed by atoms with Gasteiger partial charge in [0.1, 0.15) is 0 Å². The fourth-order valence-electron chi connectivity index (χ4n) is 2.92. The summed E-state index contributed by atoms with van der Waals surface area (Å²) in [4.78, 5) is 0. The number of rotatable bonds is 0. The van der Waals surface area contributed by atoms with E-state index >= 15 is 0 Å². The molecule has 2 aliphatic carbocycles. The predicted octanol–water partition coefficient (Wildman–Crippen LogP) is 5.88. The van der Waals surface area contributed by atoms with Gasteiger partial charge >= 0.3 is 21.7 Å². The van der Waals surface area contributed by atoms with Crippen molar-refractivity contribution in [3.63, 3.8) is 0 Å². The van der Waals surface area contributed by atoms with Gasteiger partial charge in [0.2, 0.25) is 0 Å². The summed E-state index contributed by atoms with van der Waals surface area (Å²) in [7, 11) is 1.90. The van der Waals surface area contributed by atoms with Crippen molar-refractivity contribution in [2.45, 2.75) is 72.3 Å². The topological polar surface area (TPSA) is 23.8 Å². The van der Waals surface area contributed by atoms with Crippen molar-refractivity contribution in [2.75, 3.05) is 0 Å². The van der Waals surface area contributed by atoms with E-state index in [9.17, 15) is 0 Å². The Hall–Kier alpha value is -0.409. The second kappa shape index (κ2) is 15.6. The Kier molecular flexibility index (Phi) is 16.7. The molecule has 1 fully saturated rings. The van der Waals surface area contributed by atoms with Crippen LogP contribution in [0, 0.1) is 19.4 Å². The van der Waals surface area contributed by atoms with Crippen LogP contribution in [0.15, 0.2) is 47.1 Å². The number of allylic oxidation sites excluding steroid dienone is 4. The Balaban J connectivity index is 0. The summed E-state index contributed by atoms with van der Waals surface area (Å²) in [6.07, 6.45) is 11.0. The van der Waals surface area contributed by atoms with Gasteiger partial charge in [-0.05, 0) is 0 Å². The van der Waals surface area contributed by atoms with Crippen molar-refractivity contribution in [1.82, 2.24) is 0 Å². The van der Waals surface area contributed by atoms with Crippen LogP contribution in [0.4, 0.5) is 0 Å². The summed E-state index contributed by atoms with van der Waals surface area (Å²) in [5.74, 6) is 0.560. The molecule has 1 saturated carbocycles. The van der Waals surface area contributed by atoms with Crippen LogP contribution in [-0.4, -0.2) is 16.3 Å². The van der Waals surface area contributed by atoms with Gasteiger partial charge in [-0.2, -0.15) is 11.1 Å². The molecule has 142 valence electrons. The van der Waals surface area contributed by atoms with Crippen LogP contribution >= 0.6 is 0 Å². The molecule has 0 saturated heterocycles. The van der Waals surface area contributed by atoms with Gasteiger partial charge in [0.15, 0.2) is 0 Å². The van der Waals surface area contributed by atoms with Gasteiger partial charge < -0.3 is 13.2 Å². The average molecular weight is 404 g/mol. The summed E-state index contributed by atoms with van der Waals surface area (Å²) in [5, 5.41) is 1.35. The van der Waals surface area contributed by atoms with Crippen molar-refractivity contribution in [1.29, 1.82) is 0 Å². The second-order valence-corrected chi connectivity index (χ2v) is 7.79. The minimum atomic E-state index is 0.